The summed E-state index contributed by atoms with van der Waals surface area (Å²) in [6.45, 7) is -0.476. The first-order chi connectivity index (χ1) is 8.95. The Bertz CT molecular complexity index is 573. The lowest BCUT2D eigenvalue weighted by atomic mass is 10.1. The number of aromatic nitrogens is 2. The number of rotatable bonds is 2. The van der Waals surface area contributed by atoms with Crippen LogP contribution in [0.5, 0.6) is 0 Å². The summed E-state index contributed by atoms with van der Waals surface area (Å²) >= 11 is 0.873. The molecule has 9 heteroatoms. The smallest absolute Gasteiger partial charge is 0.350 e. The van der Waals surface area contributed by atoms with Crippen LogP contribution in [0.25, 0.3) is 0 Å². The van der Waals surface area contributed by atoms with Crippen LogP contribution in [0.15, 0.2) is 28.7 Å². The second-order valence-corrected chi connectivity index (χ2v) is 5.24. The first kappa shape index (κ1) is 14.0. The molecule has 0 radical (unpaired) electrons. The lowest BCUT2D eigenvalue weighted by Crippen LogP contribution is -2.27. The summed E-state index contributed by atoms with van der Waals surface area (Å²) in [5, 5.41) is 16.8. The molecule has 19 heavy (non-hydrogen) atoms. The van der Waals surface area contributed by atoms with Gasteiger partial charge >= 0.3 is 5.69 Å². The lowest BCUT2D eigenvalue weighted by Gasteiger charge is -2.14. The maximum atomic E-state index is 12.9. The fourth-order valence-electron chi connectivity index (χ4n) is 1.83. The molecule has 3 atom stereocenters. The van der Waals surface area contributed by atoms with E-state index < -0.39 is 40.7 Å². The molecule has 0 saturated carbocycles. The lowest BCUT2D eigenvalue weighted by molar-refractivity contribution is 0.164. The SMILES string of the molecule is Nc1ccn([C@@H]2S[C@H](CO)C(O)C2=C(F)F)c(=O)n1. The van der Waals surface area contributed by atoms with Crippen LogP contribution in [0.2, 0.25) is 0 Å². The van der Waals surface area contributed by atoms with Crippen LogP contribution in [0.1, 0.15) is 5.37 Å². The van der Waals surface area contributed by atoms with Gasteiger partial charge in [-0.25, -0.2) is 4.79 Å². The monoisotopic (exact) mass is 291 g/mol. The Balaban J connectivity index is 2.49. The molecule has 4 N–H and O–H groups in total. The average Bonchev–Trinajstić information content (AvgIpc) is 2.66. The maximum absolute atomic E-state index is 12.9. The maximum Gasteiger partial charge on any atom is 0.350 e. The molecule has 2 rings (SSSR count). The molecule has 0 bridgehead atoms. The van der Waals surface area contributed by atoms with Gasteiger partial charge in [0.2, 0.25) is 0 Å². The standard InChI is InChI=1S/C10H11F2N3O3S/c11-8(12)6-7(17)4(3-16)19-9(6)15-2-1-5(13)14-10(15)18/h1-2,4,7,9,16-17H,3H2,(H2,13,14,18)/t4-,7?,9-/m1/s1. The zero-order chi connectivity index (χ0) is 14.2. The van der Waals surface area contributed by atoms with Crippen LogP contribution in [0.4, 0.5) is 14.6 Å². The minimum atomic E-state index is -2.07. The molecule has 1 aromatic heterocycles. The molecule has 1 unspecified atom stereocenters. The third-order valence-electron chi connectivity index (χ3n) is 2.74. The fraction of sp³-hybridized carbons (Fsp3) is 0.400. The molecule has 0 spiro atoms. The van der Waals surface area contributed by atoms with Crippen LogP contribution < -0.4 is 11.4 Å². The molecule has 0 amide bonds. The van der Waals surface area contributed by atoms with Crippen molar-refractivity contribution in [3.63, 3.8) is 0 Å². The van der Waals surface area contributed by atoms with Gasteiger partial charge in [0.1, 0.15) is 11.2 Å². The van der Waals surface area contributed by atoms with Crippen molar-refractivity contribution in [3.8, 4) is 0 Å². The highest BCUT2D eigenvalue weighted by molar-refractivity contribution is 8.00. The van der Waals surface area contributed by atoms with Crippen molar-refractivity contribution < 1.29 is 19.0 Å². The van der Waals surface area contributed by atoms with Gasteiger partial charge in [-0.2, -0.15) is 13.8 Å². The number of nitrogens with zero attached hydrogens (tertiary/aromatic N) is 2. The van der Waals surface area contributed by atoms with Crippen molar-refractivity contribution in [2.45, 2.75) is 16.7 Å². The van der Waals surface area contributed by atoms with E-state index in [1.165, 1.54) is 12.3 Å². The van der Waals surface area contributed by atoms with Crippen LogP contribution >= 0.6 is 11.8 Å². The zero-order valence-corrected chi connectivity index (χ0v) is 10.3. The molecule has 1 saturated heterocycles. The minimum absolute atomic E-state index is 0.0187. The summed E-state index contributed by atoms with van der Waals surface area (Å²) in [7, 11) is 0. The van der Waals surface area contributed by atoms with E-state index in [2.05, 4.69) is 4.98 Å². The second kappa shape index (κ2) is 5.27. The molecular formula is C10H11F2N3O3S. The summed E-state index contributed by atoms with van der Waals surface area (Å²) in [6.07, 6.45) is -2.34. The van der Waals surface area contributed by atoms with Crippen molar-refractivity contribution in [1.29, 1.82) is 0 Å². The Hall–Kier alpha value is -1.45. The Morgan fingerprint density at radius 2 is 2.26 bits per heavy atom. The first-order valence-corrected chi connectivity index (χ1v) is 6.24. The Morgan fingerprint density at radius 3 is 2.79 bits per heavy atom. The molecule has 0 aromatic carbocycles. The van der Waals surface area contributed by atoms with Crippen molar-refractivity contribution in [2.24, 2.45) is 0 Å². The van der Waals surface area contributed by atoms with Crippen molar-refractivity contribution in [3.05, 3.63) is 34.4 Å². The molecule has 0 aliphatic carbocycles. The van der Waals surface area contributed by atoms with E-state index in [-0.39, 0.29) is 5.82 Å². The van der Waals surface area contributed by atoms with E-state index in [0.29, 0.717) is 0 Å². The summed E-state index contributed by atoms with van der Waals surface area (Å²) < 4.78 is 26.8. The fourth-order valence-corrected chi connectivity index (χ4v) is 3.21. The van der Waals surface area contributed by atoms with Gasteiger partial charge in [0.15, 0.2) is 0 Å². The van der Waals surface area contributed by atoms with Crippen LogP contribution in [0, 0.1) is 0 Å². The third kappa shape index (κ3) is 2.48. The van der Waals surface area contributed by atoms with Gasteiger partial charge < -0.3 is 15.9 Å². The number of anilines is 1. The van der Waals surface area contributed by atoms with Gasteiger partial charge in [-0.1, -0.05) is 0 Å². The number of aliphatic hydroxyl groups is 2. The van der Waals surface area contributed by atoms with E-state index in [4.69, 9.17) is 10.8 Å². The molecule has 1 aromatic rings. The first-order valence-electron chi connectivity index (χ1n) is 5.29. The summed E-state index contributed by atoms with van der Waals surface area (Å²) in [5.41, 5.74) is 3.95. The quantitative estimate of drug-likeness (QED) is 0.706. The third-order valence-corrected chi connectivity index (χ3v) is 4.24. The second-order valence-electron chi connectivity index (χ2n) is 3.91. The number of aliphatic hydroxyl groups excluding tert-OH is 2. The highest BCUT2D eigenvalue weighted by Gasteiger charge is 2.42. The molecule has 104 valence electrons. The van der Waals surface area contributed by atoms with Crippen LogP contribution in [-0.2, 0) is 0 Å². The predicted octanol–water partition coefficient (Wildman–Crippen LogP) is -0.0567. The predicted molar refractivity (Wildman–Crippen MR) is 65.7 cm³/mol. The summed E-state index contributed by atoms with van der Waals surface area (Å²) in [4.78, 5) is 15.1. The van der Waals surface area contributed by atoms with E-state index >= 15 is 0 Å². The van der Waals surface area contributed by atoms with E-state index in [1.54, 1.807) is 0 Å². The largest absolute Gasteiger partial charge is 0.395 e. The van der Waals surface area contributed by atoms with Gasteiger partial charge in [-0.15, -0.1) is 11.8 Å². The van der Waals surface area contributed by atoms with Gasteiger partial charge in [0.25, 0.3) is 6.08 Å². The van der Waals surface area contributed by atoms with E-state index in [0.717, 1.165) is 16.3 Å². The molecule has 1 aliphatic heterocycles. The number of hydrogen-bond acceptors (Lipinski definition) is 6. The number of nitrogens with two attached hydrogens (primary N) is 1. The van der Waals surface area contributed by atoms with Crippen LogP contribution in [0.3, 0.4) is 0 Å². The van der Waals surface area contributed by atoms with Gasteiger partial charge in [0, 0.05) is 6.20 Å². The number of thioether (sulfide) groups is 1. The molecule has 2 heterocycles. The van der Waals surface area contributed by atoms with Gasteiger partial charge in [0.05, 0.1) is 23.5 Å². The van der Waals surface area contributed by atoms with Crippen molar-refractivity contribution in [1.82, 2.24) is 9.55 Å². The van der Waals surface area contributed by atoms with E-state index in [9.17, 15) is 18.7 Å². The van der Waals surface area contributed by atoms with Crippen molar-refractivity contribution in [2.75, 3.05) is 12.3 Å². The number of nitrogen functional groups attached to an aromatic ring is 1. The number of halogens is 2. The Kier molecular flexibility index (Phi) is 3.88. The van der Waals surface area contributed by atoms with Crippen molar-refractivity contribution >= 4 is 17.6 Å². The van der Waals surface area contributed by atoms with Crippen LogP contribution in [-0.4, -0.2) is 37.7 Å². The molecule has 1 fully saturated rings. The molecule has 6 nitrogen and oxygen atoms in total. The molecule has 1 aliphatic rings. The highest BCUT2D eigenvalue weighted by atomic mass is 32.2. The highest BCUT2D eigenvalue weighted by Crippen LogP contribution is 2.46. The minimum Gasteiger partial charge on any atom is -0.395 e. The zero-order valence-electron chi connectivity index (χ0n) is 9.53. The van der Waals surface area contributed by atoms with Gasteiger partial charge in [-0.3, -0.25) is 4.57 Å². The topological polar surface area (TPSA) is 101 Å². The normalized spacial score (nSPS) is 26.7. The number of hydrogen-bond donors (Lipinski definition) is 3. The Morgan fingerprint density at radius 1 is 1.58 bits per heavy atom. The Labute approximate surface area is 110 Å². The summed E-state index contributed by atoms with van der Waals surface area (Å²) in [6, 6.07) is 1.30. The van der Waals surface area contributed by atoms with E-state index in [1.807, 2.05) is 0 Å². The average molecular weight is 291 g/mol. The molecular weight excluding hydrogens is 280 g/mol. The summed E-state index contributed by atoms with van der Waals surface area (Å²) in [5.74, 6) is -0.0187. The van der Waals surface area contributed by atoms with Gasteiger partial charge in [-0.05, 0) is 6.07 Å².